The highest BCUT2D eigenvalue weighted by Gasteiger charge is 2.58. The van der Waals surface area contributed by atoms with Crippen molar-refractivity contribution in [2.75, 3.05) is 39.6 Å². The molecular formula is C42H69N3O31. The molecule has 76 heavy (non-hydrogen) atoms. The predicted octanol–water partition coefficient (Wildman–Crippen LogP) is -13.5. The van der Waals surface area contributed by atoms with Crippen LogP contribution in [0.5, 0.6) is 0 Å². The van der Waals surface area contributed by atoms with Crippen LogP contribution in [0.1, 0.15) is 20.8 Å². The fourth-order valence-corrected chi connectivity index (χ4v) is 9.36. The number of aliphatic hydroxyl groups is 16. The molecule has 34 heteroatoms. The second-order valence-corrected chi connectivity index (χ2v) is 18.9. The van der Waals surface area contributed by atoms with E-state index in [0.717, 1.165) is 20.8 Å². The Morgan fingerprint density at radius 3 is 1.30 bits per heavy atom. The molecular weight excluding hydrogens is 1040 g/mol. The van der Waals surface area contributed by atoms with Crippen LogP contribution in [0.25, 0.3) is 0 Å². The van der Waals surface area contributed by atoms with Gasteiger partial charge in [0.2, 0.25) is 17.7 Å². The maximum atomic E-state index is 13.6. The van der Waals surface area contributed by atoms with E-state index in [4.69, 9.17) is 52.1 Å². The predicted molar refractivity (Wildman–Crippen MR) is 233 cm³/mol. The van der Waals surface area contributed by atoms with E-state index < -0.39 is 241 Å². The van der Waals surface area contributed by atoms with Crippen LogP contribution in [0.15, 0.2) is 0 Å². The maximum absolute atomic E-state index is 13.6. The highest BCUT2D eigenvalue weighted by atomic mass is 16.8. The number of ether oxygens (including phenoxy) is 11. The summed E-state index contributed by atoms with van der Waals surface area (Å²) in [5.41, 5.74) is 0. The van der Waals surface area contributed by atoms with Gasteiger partial charge in [0.1, 0.15) is 140 Å². The van der Waals surface area contributed by atoms with Crippen LogP contribution in [0.4, 0.5) is 0 Å². The minimum absolute atomic E-state index is 0.753. The molecule has 0 spiro atoms. The molecule has 0 aromatic rings. The molecule has 6 rings (SSSR count). The van der Waals surface area contributed by atoms with Crippen molar-refractivity contribution >= 4 is 23.5 Å². The van der Waals surface area contributed by atoms with Crippen LogP contribution >= 0.6 is 0 Å². The zero-order valence-electron chi connectivity index (χ0n) is 40.8. The topological polar surface area (TPSA) is 530 Å². The Kier molecular flexibility index (Phi) is 22.1. The molecule has 438 valence electrons. The monoisotopic (exact) mass is 1110 g/mol. The summed E-state index contributed by atoms with van der Waals surface area (Å²) in [6, 6.07) is -5.21. The van der Waals surface area contributed by atoms with E-state index in [-0.39, 0.29) is 0 Å². The van der Waals surface area contributed by atoms with Crippen LogP contribution in [-0.2, 0) is 71.3 Å². The number of ketones is 1. The normalized spacial score (nSPS) is 47.2. The van der Waals surface area contributed by atoms with Gasteiger partial charge in [0.15, 0.2) is 43.5 Å². The zero-order valence-corrected chi connectivity index (χ0v) is 40.8. The van der Waals surface area contributed by atoms with Crippen molar-refractivity contribution in [1.29, 1.82) is 0 Å². The number of hydrogen-bond acceptors (Lipinski definition) is 31. The molecule has 0 aliphatic carbocycles. The molecule has 0 saturated carbocycles. The summed E-state index contributed by atoms with van der Waals surface area (Å²) >= 11 is 0. The smallest absolute Gasteiger partial charge is 0.217 e. The zero-order chi connectivity index (χ0) is 56.2. The standard InChI is InChI=1S/C42H69N3O31/c1-10(50)43-19-27(58)24(55)17(9-67-40-31(62)28(59)22(53)13(4-46)69-40)72-38(19)66-8-18-25(56)30(61)33(64)42(73-18)74-34-16(7-49)71-39(75-35-20(44-11(2)51)37(65)68-15(6-48)26(35)57)21(45-12(3)52)36(34)76-41-32(63)29(60)23(54)14(5-47)70-41/h13-25,27-42,46-49,53-56,58-65H,4-9H2,1-3H3,(H,43,50)(H,44,51)(H,45,52)/t13-,14-,15-,16-,17-,18-,19-,20-,21-,22-,23-,24+,25+,27-,28+,29+,30+,31-,32-,33-,34+,35-,36-,37-,38+,39-,40-,41+,42-/m1/s1. The Morgan fingerprint density at radius 1 is 0.408 bits per heavy atom. The first-order valence-electron chi connectivity index (χ1n) is 23.9. The molecule has 0 unspecified atom stereocenters. The minimum atomic E-state index is -2.25. The number of amides is 3. The van der Waals surface area contributed by atoms with Crippen molar-refractivity contribution in [1.82, 2.24) is 16.0 Å². The van der Waals surface area contributed by atoms with E-state index in [9.17, 15) is 101 Å². The molecule has 6 heterocycles. The summed E-state index contributed by atoms with van der Waals surface area (Å²) in [6.45, 7) is -2.55. The van der Waals surface area contributed by atoms with Gasteiger partial charge in [0, 0.05) is 20.8 Å². The number of aliphatic hydroxyl groups excluding tert-OH is 16. The lowest BCUT2D eigenvalue weighted by Gasteiger charge is -2.51. The molecule has 6 saturated heterocycles. The number of carbonyl (C=O) groups excluding carboxylic acids is 4. The SMILES string of the molecule is CC(=O)N[C@H]1[C@@H](OC[C@H]2O[C@H](O[C@@H]3[C@H](O[C@@H]4O[C@H](CO)[C@@H](O)[C@H](O)[C@H]4O)[C@@H](NC(C)=O)[C@@H](O[C@H]4C(=O)[C@@H](CO)O[C@@H](O)[C@@H]4NC(C)=O)O[C@@H]3CO)[C@H](O)[C@@H](O)[C@H]2O)O[C@H](CO[C@@H]2O[C@H](CO)[C@@H](O)[C@H](O)[C@H]2O)[C@H](O)[C@@H]1O. The van der Waals surface area contributed by atoms with Gasteiger partial charge in [-0.1, -0.05) is 0 Å². The number of hydrogen-bond donors (Lipinski definition) is 19. The molecule has 6 aliphatic heterocycles. The lowest BCUT2D eigenvalue weighted by atomic mass is 9.93. The van der Waals surface area contributed by atoms with Gasteiger partial charge in [0.05, 0.1) is 39.6 Å². The fraction of sp³-hybridized carbons (Fsp3) is 0.905. The quantitative estimate of drug-likeness (QED) is 0.0571. The lowest BCUT2D eigenvalue weighted by Crippen LogP contribution is -2.71. The summed E-state index contributed by atoms with van der Waals surface area (Å²) in [7, 11) is 0. The first-order valence-corrected chi connectivity index (χ1v) is 23.9. The van der Waals surface area contributed by atoms with Gasteiger partial charge in [-0.05, 0) is 0 Å². The van der Waals surface area contributed by atoms with E-state index >= 15 is 0 Å². The number of rotatable bonds is 19. The number of Topliss-reactive ketones (excluding diaryl/α,β-unsaturated/α-hetero) is 1. The average Bonchev–Trinajstić information content (AvgIpc) is 3.37. The van der Waals surface area contributed by atoms with Gasteiger partial charge in [0.25, 0.3) is 0 Å². The molecule has 3 amide bonds. The van der Waals surface area contributed by atoms with Crippen molar-refractivity contribution in [3.8, 4) is 0 Å². The largest absolute Gasteiger partial charge is 0.394 e. The van der Waals surface area contributed by atoms with E-state index in [0.29, 0.717) is 0 Å². The minimum Gasteiger partial charge on any atom is -0.394 e. The molecule has 29 atom stereocenters. The summed E-state index contributed by atoms with van der Waals surface area (Å²) in [6.07, 6.45) is -49.9. The fourth-order valence-electron chi connectivity index (χ4n) is 9.36. The summed E-state index contributed by atoms with van der Waals surface area (Å²) in [5, 5.41) is 177. The van der Waals surface area contributed by atoms with Crippen molar-refractivity contribution in [2.24, 2.45) is 0 Å². The molecule has 6 fully saturated rings. The third-order valence-electron chi connectivity index (χ3n) is 13.4. The first-order chi connectivity index (χ1) is 35.9. The van der Waals surface area contributed by atoms with Gasteiger partial charge in [-0.3, -0.25) is 19.2 Å². The third kappa shape index (κ3) is 13.8. The van der Waals surface area contributed by atoms with Crippen molar-refractivity contribution in [2.45, 2.75) is 199 Å². The molecule has 0 radical (unpaired) electrons. The van der Waals surface area contributed by atoms with Crippen LogP contribution < -0.4 is 16.0 Å². The number of carbonyl (C=O) groups is 4. The van der Waals surface area contributed by atoms with E-state index in [1.807, 2.05) is 0 Å². The van der Waals surface area contributed by atoms with E-state index in [1.165, 1.54) is 0 Å². The van der Waals surface area contributed by atoms with Crippen LogP contribution in [0.3, 0.4) is 0 Å². The van der Waals surface area contributed by atoms with Crippen molar-refractivity contribution in [3.63, 3.8) is 0 Å². The molecule has 0 bridgehead atoms. The van der Waals surface area contributed by atoms with Gasteiger partial charge in [-0.25, -0.2) is 0 Å². The van der Waals surface area contributed by atoms with E-state index in [1.54, 1.807) is 0 Å². The van der Waals surface area contributed by atoms with E-state index in [2.05, 4.69) is 16.0 Å². The molecule has 0 aromatic carbocycles. The van der Waals surface area contributed by atoms with Gasteiger partial charge in [-0.2, -0.15) is 0 Å². The molecule has 34 nitrogen and oxygen atoms in total. The first kappa shape index (κ1) is 62.2. The summed E-state index contributed by atoms with van der Waals surface area (Å²) in [5.74, 6) is -3.58. The Bertz CT molecular complexity index is 1910. The van der Waals surface area contributed by atoms with Crippen LogP contribution in [-0.4, -0.2) is 323 Å². The third-order valence-corrected chi connectivity index (χ3v) is 13.4. The summed E-state index contributed by atoms with van der Waals surface area (Å²) in [4.78, 5) is 51.1. The second kappa shape index (κ2) is 27.0. The van der Waals surface area contributed by atoms with Gasteiger partial charge in [-0.15, -0.1) is 0 Å². The molecule has 19 N–H and O–H groups in total. The Labute approximate surface area is 430 Å². The summed E-state index contributed by atoms with van der Waals surface area (Å²) < 4.78 is 63.4. The molecule has 6 aliphatic rings. The lowest BCUT2D eigenvalue weighted by molar-refractivity contribution is -0.379. The highest BCUT2D eigenvalue weighted by molar-refractivity contribution is 5.90. The van der Waals surface area contributed by atoms with Crippen molar-refractivity contribution in [3.05, 3.63) is 0 Å². The highest BCUT2D eigenvalue weighted by Crippen LogP contribution is 2.36. The Balaban J connectivity index is 1.28. The van der Waals surface area contributed by atoms with Crippen LogP contribution in [0.2, 0.25) is 0 Å². The maximum Gasteiger partial charge on any atom is 0.217 e. The van der Waals surface area contributed by atoms with Gasteiger partial charge >= 0.3 is 0 Å². The van der Waals surface area contributed by atoms with Gasteiger partial charge < -0.3 is 150 Å². The molecule has 0 aromatic heterocycles. The Hall–Kier alpha value is -3.00. The van der Waals surface area contributed by atoms with Crippen LogP contribution in [0, 0.1) is 0 Å². The average molecular weight is 1110 g/mol. The second-order valence-electron chi connectivity index (χ2n) is 18.9. The Morgan fingerprint density at radius 2 is 0.803 bits per heavy atom. The number of nitrogens with one attached hydrogen (secondary N) is 3. The van der Waals surface area contributed by atoms with Crippen molar-refractivity contribution < 1.29 is 153 Å².